The number of benzene rings is 1. The highest BCUT2D eigenvalue weighted by Gasteiger charge is 2.36. The molecule has 0 unspecified atom stereocenters. The molecule has 1 aliphatic heterocycles. The van der Waals surface area contributed by atoms with Crippen molar-refractivity contribution in [2.45, 2.75) is 17.6 Å². The number of fused-ring (bicyclic) bond motifs is 3. The van der Waals surface area contributed by atoms with Gasteiger partial charge < -0.3 is 0 Å². The third kappa shape index (κ3) is 2.74. The van der Waals surface area contributed by atoms with Gasteiger partial charge in [-0.2, -0.15) is 13.2 Å². The molecule has 0 aliphatic carbocycles. The van der Waals surface area contributed by atoms with Crippen molar-refractivity contribution in [3.8, 4) is 11.3 Å². The lowest BCUT2D eigenvalue weighted by atomic mass is 10.0. The van der Waals surface area contributed by atoms with Crippen LogP contribution in [0, 0.1) is 0 Å². The van der Waals surface area contributed by atoms with Crippen LogP contribution in [-0.2, 0) is 22.7 Å². The topological polar surface area (TPSA) is 68.1 Å². The first-order chi connectivity index (χ1) is 12.7. The maximum atomic E-state index is 13.9. The number of anilines is 1. The van der Waals surface area contributed by atoms with Crippen molar-refractivity contribution in [2.75, 3.05) is 4.31 Å². The van der Waals surface area contributed by atoms with Crippen molar-refractivity contribution >= 4 is 15.7 Å². The van der Waals surface area contributed by atoms with E-state index in [2.05, 4.69) is 10.1 Å². The summed E-state index contributed by atoms with van der Waals surface area (Å²) < 4.78 is 79.0. The maximum absolute atomic E-state index is 13.9. The van der Waals surface area contributed by atoms with Gasteiger partial charge in [0, 0.05) is 17.3 Å². The molecule has 27 heavy (non-hydrogen) atoms. The summed E-state index contributed by atoms with van der Waals surface area (Å²) in [5.41, 5.74) is -0.213. The van der Waals surface area contributed by atoms with Gasteiger partial charge in [-0.1, -0.05) is 27.6 Å². The second kappa shape index (κ2) is 5.78. The molecule has 1 aliphatic rings. The zero-order valence-corrected chi connectivity index (χ0v) is 14.2. The summed E-state index contributed by atoms with van der Waals surface area (Å²) in [6.45, 7) is -0.209. The van der Waals surface area contributed by atoms with E-state index in [4.69, 9.17) is 0 Å². The summed E-state index contributed by atoms with van der Waals surface area (Å²) in [5, 5.41) is 3.52. The second-order valence-electron chi connectivity index (χ2n) is 5.78. The summed E-state index contributed by atoms with van der Waals surface area (Å²) in [7, 11) is -4.23. The van der Waals surface area contributed by atoms with Crippen LogP contribution in [0.15, 0.2) is 53.7 Å². The van der Waals surface area contributed by atoms with Crippen molar-refractivity contribution in [2.24, 2.45) is 0 Å². The predicted molar refractivity (Wildman–Crippen MR) is 86.8 cm³/mol. The van der Waals surface area contributed by atoms with E-state index < -0.39 is 26.8 Å². The van der Waals surface area contributed by atoms with Crippen molar-refractivity contribution in [1.29, 1.82) is 0 Å². The Hall–Kier alpha value is -2.95. The minimum atomic E-state index is -4.68. The molecule has 0 saturated heterocycles. The number of nitrogens with zero attached hydrogens (tertiary/aromatic N) is 4. The van der Waals surface area contributed by atoms with E-state index in [1.807, 2.05) is 0 Å². The number of pyridine rings is 1. The molecule has 0 atom stereocenters. The molecule has 6 nitrogen and oxygen atoms in total. The average molecular weight is 398 g/mol. The number of rotatable bonds is 2. The fourth-order valence-corrected chi connectivity index (χ4v) is 4.33. The second-order valence-corrected chi connectivity index (χ2v) is 7.65. The first-order valence-electron chi connectivity index (χ1n) is 7.58. The van der Waals surface area contributed by atoms with Crippen molar-refractivity contribution in [1.82, 2.24) is 15.0 Å². The fourth-order valence-electron chi connectivity index (χ4n) is 2.92. The van der Waals surface area contributed by atoms with Crippen LogP contribution in [0.3, 0.4) is 0 Å². The van der Waals surface area contributed by atoms with Crippen LogP contribution in [0.2, 0.25) is 0 Å². The molecule has 1 aromatic carbocycles. The molecule has 0 radical (unpaired) electrons. The lowest BCUT2D eigenvalue weighted by Crippen LogP contribution is -2.33. The molecule has 3 aromatic rings. The minimum Gasteiger partial charge on any atom is -0.261 e. The minimum absolute atomic E-state index is 0.141. The van der Waals surface area contributed by atoms with Crippen LogP contribution in [0.4, 0.5) is 23.3 Å². The van der Waals surface area contributed by atoms with E-state index in [9.17, 15) is 26.1 Å². The Balaban J connectivity index is 1.81. The van der Waals surface area contributed by atoms with E-state index >= 15 is 0 Å². The smallest absolute Gasteiger partial charge is 0.261 e. The number of sulfonamides is 1. The van der Waals surface area contributed by atoms with E-state index in [0.717, 1.165) is 10.4 Å². The van der Waals surface area contributed by atoms with E-state index in [-0.39, 0.29) is 22.8 Å². The predicted octanol–water partition coefficient (Wildman–Crippen LogP) is 3.41. The van der Waals surface area contributed by atoms with Gasteiger partial charge in [-0.15, -0.1) is 5.10 Å². The molecular weight excluding hydrogens is 388 g/mol. The Labute approximate surface area is 150 Å². The number of hydrogen-bond acceptors (Lipinski definition) is 4. The third-order valence-corrected chi connectivity index (χ3v) is 5.90. The average Bonchev–Trinajstić information content (AvgIpc) is 3.01. The van der Waals surface area contributed by atoms with Gasteiger partial charge in [-0.3, -0.25) is 9.29 Å². The molecule has 0 fully saturated rings. The molecule has 0 spiro atoms. The highest BCUT2D eigenvalue weighted by Crippen LogP contribution is 2.41. The number of aromatic nitrogens is 3. The quantitative estimate of drug-likeness (QED) is 0.621. The fraction of sp³-hybridized carbons (Fsp3) is 0.125. The monoisotopic (exact) mass is 398 g/mol. The van der Waals surface area contributed by atoms with Gasteiger partial charge in [0.25, 0.3) is 10.0 Å². The molecule has 11 heteroatoms. The number of halogens is 4. The van der Waals surface area contributed by atoms with Gasteiger partial charge in [0.2, 0.25) is 0 Å². The summed E-state index contributed by atoms with van der Waals surface area (Å²) in [6.07, 6.45) is -2.81. The first-order valence-corrected chi connectivity index (χ1v) is 9.02. The SMILES string of the molecule is O=S(=O)(c1ccc(C(F)(F)F)nc1)N1Cc2cnn(F)c2-c2ccccc21. The van der Waals surface area contributed by atoms with E-state index in [1.54, 1.807) is 18.2 Å². The standard InChI is InChI=1S/C16H10F4N4O2S/c17-16(18,19)14-6-5-11(8-21-14)27(25,26)23-9-10-7-22-24(20)15(10)12-3-1-2-4-13(12)23/h1-8H,9H2. The third-order valence-electron chi connectivity index (χ3n) is 4.16. The van der Waals surface area contributed by atoms with Gasteiger partial charge in [0.1, 0.15) is 16.3 Å². The molecule has 2 aromatic heterocycles. The molecule has 3 heterocycles. The Kier molecular flexibility index (Phi) is 3.74. The largest absolute Gasteiger partial charge is 0.433 e. The Bertz CT molecular complexity index is 1120. The molecule has 0 bridgehead atoms. The summed E-state index contributed by atoms with van der Waals surface area (Å²) >= 11 is 0. The zero-order chi connectivity index (χ0) is 19.4. The first kappa shape index (κ1) is 17.5. The van der Waals surface area contributed by atoms with Crippen LogP contribution in [-0.4, -0.2) is 23.4 Å². The molecule has 4 rings (SSSR count). The Morgan fingerprint density at radius 1 is 1.04 bits per heavy atom. The lowest BCUT2D eigenvalue weighted by Gasteiger charge is -2.30. The van der Waals surface area contributed by atoms with Gasteiger partial charge in [-0.25, -0.2) is 8.42 Å². The normalized spacial score (nSPS) is 14.0. The number of hydrogen-bond donors (Lipinski definition) is 0. The van der Waals surface area contributed by atoms with Gasteiger partial charge >= 0.3 is 6.18 Å². The van der Waals surface area contributed by atoms with Crippen molar-refractivity contribution in [3.63, 3.8) is 0 Å². The molecule has 0 N–H and O–H groups in total. The van der Waals surface area contributed by atoms with Crippen molar-refractivity contribution < 1.29 is 26.1 Å². The van der Waals surface area contributed by atoms with Crippen LogP contribution in [0.5, 0.6) is 0 Å². The Morgan fingerprint density at radius 2 is 1.78 bits per heavy atom. The van der Waals surface area contributed by atoms with Crippen LogP contribution in [0.1, 0.15) is 11.3 Å². The van der Waals surface area contributed by atoms with Crippen LogP contribution < -0.4 is 4.31 Å². The van der Waals surface area contributed by atoms with Crippen LogP contribution in [0.25, 0.3) is 11.3 Å². The highest BCUT2D eigenvalue weighted by atomic mass is 32.2. The van der Waals surface area contributed by atoms with Crippen LogP contribution >= 0.6 is 0 Å². The highest BCUT2D eigenvalue weighted by molar-refractivity contribution is 7.92. The summed E-state index contributed by atoms with van der Waals surface area (Å²) in [4.78, 5) is 2.97. The Morgan fingerprint density at radius 3 is 2.44 bits per heavy atom. The summed E-state index contributed by atoms with van der Waals surface area (Å²) in [5.74, 6) is 0. The number of alkyl halides is 3. The number of para-hydroxylation sites is 1. The molecule has 0 amide bonds. The van der Waals surface area contributed by atoms with Crippen molar-refractivity contribution in [3.05, 3.63) is 60.0 Å². The maximum Gasteiger partial charge on any atom is 0.433 e. The molecule has 140 valence electrons. The van der Waals surface area contributed by atoms with Gasteiger partial charge in [0.15, 0.2) is 0 Å². The molecule has 0 saturated carbocycles. The van der Waals surface area contributed by atoms with E-state index in [0.29, 0.717) is 23.4 Å². The molecular formula is C16H10F4N4O2S. The summed E-state index contributed by atoms with van der Waals surface area (Å²) in [6, 6.07) is 7.68. The zero-order valence-electron chi connectivity index (χ0n) is 13.4. The van der Waals surface area contributed by atoms with Gasteiger partial charge in [-0.05, 0) is 18.2 Å². The lowest BCUT2D eigenvalue weighted by molar-refractivity contribution is -0.141. The van der Waals surface area contributed by atoms with E-state index in [1.165, 1.54) is 12.3 Å². The van der Waals surface area contributed by atoms with Gasteiger partial charge in [0.05, 0.1) is 18.4 Å².